The molecule has 0 aliphatic carbocycles. The molecule has 6 heteroatoms. The van der Waals surface area contributed by atoms with E-state index in [0.717, 1.165) is 11.1 Å². The van der Waals surface area contributed by atoms with Crippen LogP contribution in [-0.4, -0.2) is 48.8 Å². The standard InChI is InChI=1S/C20H27NO5/c1-12(22)16-17(13-7-9-14(10-8-13)20(2,3)4)21(19(24)18(16)23)11-15(25-5)26-6/h7-10,15,17,23H,11H2,1-6H3/t17-/m0/s1. The van der Waals surface area contributed by atoms with Crippen molar-refractivity contribution in [3.63, 3.8) is 0 Å². The molecule has 0 bridgehead atoms. The minimum Gasteiger partial charge on any atom is -0.503 e. The van der Waals surface area contributed by atoms with Gasteiger partial charge in [-0.15, -0.1) is 0 Å². The molecule has 1 amide bonds. The Hall–Kier alpha value is -2.18. The Balaban J connectivity index is 2.47. The number of rotatable bonds is 6. The van der Waals surface area contributed by atoms with Gasteiger partial charge in [0.05, 0.1) is 18.2 Å². The molecule has 0 radical (unpaired) electrons. The van der Waals surface area contributed by atoms with Crippen molar-refractivity contribution < 1.29 is 24.2 Å². The molecular formula is C20H27NO5. The van der Waals surface area contributed by atoms with Crippen molar-refractivity contribution in [2.75, 3.05) is 20.8 Å². The van der Waals surface area contributed by atoms with Crippen molar-refractivity contribution in [1.82, 2.24) is 4.90 Å². The molecule has 0 fully saturated rings. The van der Waals surface area contributed by atoms with E-state index in [4.69, 9.17) is 9.47 Å². The Bertz CT molecular complexity index is 711. The first-order chi connectivity index (χ1) is 12.1. The summed E-state index contributed by atoms with van der Waals surface area (Å²) in [5.74, 6) is -1.44. The van der Waals surface area contributed by atoms with Crippen LogP contribution in [0, 0.1) is 0 Å². The maximum absolute atomic E-state index is 12.6. The Morgan fingerprint density at radius 3 is 2.15 bits per heavy atom. The van der Waals surface area contributed by atoms with Crippen LogP contribution in [0.5, 0.6) is 0 Å². The number of carbonyl (C=O) groups excluding carboxylic acids is 2. The predicted octanol–water partition coefficient (Wildman–Crippen LogP) is 2.89. The lowest BCUT2D eigenvalue weighted by atomic mass is 9.85. The van der Waals surface area contributed by atoms with Gasteiger partial charge in [-0.05, 0) is 23.5 Å². The molecule has 1 N–H and O–H groups in total. The first-order valence-electron chi connectivity index (χ1n) is 8.52. The highest BCUT2D eigenvalue weighted by atomic mass is 16.7. The van der Waals surface area contributed by atoms with Crippen LogP contribution < -0.4 is 0 Å². The fourth-order valence-electron chi connectivity index (χ4n) is 3.12. The minimum atomic E-state index is -0.665. The van der Waals surface area contributed by atoms with Crippen LogP contribution >= 0.6 is 0 Å². The summed E-state index contributed by atoms with van der Waals surface area (Å²) in [4.78, 5) is 26.1. The average Bonchev–Trinajstić information content (AvgIpc) is 2.83. The third-order valence-electron chi connectivity index (χ3n) is 4.65. The largest absolute Gasteiger partial charge is 0.503 e. The van der Waals surface area contributed by atoms with Crippen LogP contribution in [0.25, 0.3) is 0 Å². The van der Waals surface area contributed by atoms with Crippen molar-refractivity contribution in [1.29, 1.82) is 0 Å². The molecule has 0 saturated heterocycles. The fourth-order valence-corrected chi connectivity index (χ4v) is 3.12. The lowest BCUT2D eigenvalue weighted by Gasteiger charge is -2.29. The summed E-state index contributed by atoms with van der Waals surface area (Å²) in [6.45, 7) is 7.78. The van der Waals surface area contributed by atoms with Gasteiger partial charge in [0.2, 0.25) is 0 Å². The molecule has 0 aromatic heterocycles. The number of nitrogens with zero attached hydrogens (tertiary/aromatic N) is 1. The van der Waals surface area contributed by atoms with Gasteiger partial charge in [0, 0.05) is 14.2 Å². The molecular weight excluding hydrogens is 334 g/mol. The SMILES string of the molecule is COC(CN1C(=O)C(O)=C(C(C)=O)[C@@H]1c1ccc(C(C)(C)C)cc1)OC. The van der Waals surface area contributed by atoms with Crippen molar-refractivity contribution in [2.24, 2.45) is 0 Å². The average molecular weight is 361 g/mol. The van der Waals surface area contributed by atoms with Crippen molar-refractivity contribution in [3.8, 4) is 0 Å². The normalized spacial score (nSPS) is 18.2. The molecule has 1 aliphatic rings. The van der Waals surface area contributed by atoms with E-state index in [1.165, 1.54) is 26.0 Å². The topological polar surface area (TPSA) is 76.1 Å². The molecule has 0 spiro atoms. The number of methoxy groups -OCH3 is 2. The zero-order chi connectivity index (χ0) is 19.6. The van der Waals surface area contributed by atoms with Crippen molar-refractivity contribution in [3.05, 3.63) is 46.7 Å². The highest BCUT2D eigenvalue weighted by Gasteiger charge is 2.43. The summed E-state index contributed by atoms with van der Waals surface area (Å²) < 4.78 is 10.4. The van der Waals surface area contributed by atoms with Crippen molar-refractivity contribution in [2.45, 2.75) is 45.4 Å². The molecule has 142 valence electrons. The molecule has 2 rings (SSSR count). The van der Waals surface area contributed by atoms with Gasteiger partial charge in [-0.2, -0.15) is 0 Å². The number of Topliss-reactive ketones (excluding diaryl/α,β-unsaturated/α-hetero) is 1. The van der Waals surface area contributed by atoms with E-state index in [1.54, 1.807) is 0 Å². The van der Waals surface area contributed by atoms with Gasteiger partial charge < -0.3 is 19.5 Å². The van der Waals surface area contributed by atoms with E-state index in [1.807, 2.05) is 24.3 Å². The number of ketones is 1. The van der Waals surface area contributed by atoms with E-state index in [0.29, 0.717) is 0 Å². The quantitative estimate of drug-likeness (QED) is 0.789. The number of hydrogen-bond acceptors (Lipinski definition) is 5. The number of ether oxygens (including phenoxy) is 2. The number of aliphatic hydroxyl groups is 1. The third-order valence-corrected chi connectivity index (χ3v) is 4.65. The number of amides is 1. The van der Waals surface area contributed by atoms with Crippen molar-refractivity contribution >= 4 is 11.7 Å². The first-order valence-corrected chi connectivity index (χ1v) is 8.52. The highest BCUT2D eigenvalue weighted by Crippen LogP contribution is 2.38. The maximum Gasteiger partial charge on any atom is 0.290 e. The van der Waals surface area contributed by atoms with Crippen LogP contribution in [0.3, 0.4) is 0 Å². The second-order valence-corrected chi connectivity index (χ2v) is 7.45. The van der Waals surface area contributed by atoms with E-state index < -0.39 is 24.0 Å². The van der Waals surface area contributed by atoms with Crippen LogP contribution in [0.4, 0.5) is 0 Å². The van der Waals surface area contributed by atoms with Gasteiger partial charge in [0.25, 0.3) is 5.91 Å². The number of benzene rings is 1. The van der Waals surface area contributed by atoms with E-state index in [-0.39, 0.29) is 23.3 Å². The van der Waals surface area contributed by atoms with Gasteiger partial charge in [-0.3, -0.25) is 9.59 Å². The fraction of sp³-hybridized carbons (Fsp3) is 0.500. The van der Waals surface area contributed by atoms with Crippen LogP contribution in [0.2, 0.25) is 0 Å². The van der Waals surface area contributed by atoms with E-state index >= 15 is 0 Å². The van der Waals surface area contributed by atoms with E-state index in [9.17, 15) is 14.7 Å². The lowest BCUT2D eigenvalue weighted by molar-refractivity contribution is -0.144. The Morgan fingerprint density at radius 1 is 1.19 bits per heavy atom. The Kier molecular flexibility index (Phi) is 5.88. The van der Waals surface area contributed by atoms with Gasteiger partial charge in [0.1, 0.15) is 0 Å². The zero-order valence-electron chi connectivity index (χ0n) is 16.2. The predicted molar refractivity (Wildman–Crippen MR) is 97.7 cm³/mol. The summed E-state index contributed by atoms with van der Waals surface area (Å²) in [5, 5.41) is 10.3. The molecule has 0 unspecified atom stereocenters. The summed E-state index contributed by atoms with van der Waals surface area (Å²) in [6.07, 6.45) is -0.658. The summed E-state index contributed by atoms with van der Waals surface area (Å²) in [6, 6.07) is 7.08. The molecule has 1 aromatic carbocycles. The first kappa shape index (κ1) is 20.1. The molecule has 0 saturated carbocycles. The molecule has 1 aromatic rings. The minimum absolute atomic E-state index is 0.0116. The second-order valence-electron chi connectivity index (χ2n) is 7.45. The molecule has 1 aliphatic heterocycles. The number of aliphatic hydroxyl groups excluding tert-OH is 1. The summed E-state index contributed by atoms with van der Waals surface area (Å²) >= 11 is 0. The summed E-state index contributed by atoms with van der Waals surface area (Å²) in [5.41, 5.74) is 1.99. The number of hydrogen-bond donors (Lipinski definition) is 1. The van der Waals surface area contributed by atoms with E-state index in [2.05, 4.69) is 20.8 Å². The maximum atomic E-state index is 12.6. The van der Waals surface area contributed by atoms with Gasteiger partial charge >= 0.3 is 0 Å². The number of carbonyl (C=O) groups is 2. The summed E-state index contributed by atoms with van der Waals surface area (Å²) in [7, 11) is 2.95. The van der Waals surface area contributed by atoms with Crippen LogP contribution in [0.1, 0.15) is 44.9 Å². The van der Waals surface area contributed by atoms with Gasteiger partial charge in [-0.25, -0.2) is 0 Å². The second kappa shape index (κ2) is 7.60. The molecule has 6 nitrogen and oxygen atoms in total. The Morgan fingerprint density at radius 2 is 1.73 bits per heavy atom. The monoisotopic (exact) mass is 361 g/mol. The molecule has 1 atom stereocenters. The smallest absolute Gasteiger partial charge is 0.290 e. The van der Waals surface area contributed by atoms with Gasteiger partial charge in [0.15, 0.2) is 17.8 Å². The third kappa shape index (κ3) is 3.81. The van der Waals surface area contributed by atoms with Gasteiger partial charge in [-0.1, -0.05) is 45.0 Å². The zero-order valence-corrected chi connectivity index (χ0v) is 16.2. The molecule has 26 heavy (non-hydrogen) atoms. The lowest BCUT2D eigenvalue weighted by Crippen LogP contribution is -2.38. The molecule has 1 heterocycles. The van der Waals surface area contributed by atoms with Crippen LogP contribution in [-0.2, 0) is 24.5 Å². The highest BCUT2D eigenvalue weighted by molar-refractivity contribution is 6.08. The van der Waals surface area contributed by atoms with Crippen LogP contribution in [0.15, 0.2) is 35.6 Å². The Labute approximate surface area is 154 Å².